The Morgan fingerprint density at radius 3 is 2.52 bits per heavy atom. The number of nitroso groups, excluding NO2 is 1. The molecule has 0 saturated carbocycles. The van der Waals surface area contributed by atoms with Gasteiger partial charge in [0.1, 0.15) is 5.56 Å². The number of hydrogen-bond donors (Lipinski definition) is 2. The number of aromatic nitrogens is 1. The molecule has 1 aromatic carbocycles. The molecule has 9 nitrogen and oxygen atoms in total. The highest BCUT2D eigenvalue weighted by molar-refractivity contribution is 5.94. The monoisotopic (exact) mass is 457 g/mol. The summed E-state index contributed by atoms with van der Waals surface area (Å²) >= 11 is 0. The zero-order valence-electron chi connectivity index (χ0n) is 19.3. The summed E-state index contributed by atoms with van der Waals surface area (Å²) in [4.78, 5) is 39.7. The smallest absolute Gasteiger partial charge is 0.322 e. The molecule has 0 bridgehead atoms. The highest BCUT2D eigenvalue weighted by Gasteiger charge is 2.34. The van der Waals surface area contributed by atoms with E-state index >= 15 is 0 Å². The van der Waals surface area contributed by atoms with Crippen LogP contribution in [0.25, 0.3) is 11.3 Å². The maximum atomic E-state index is 12.5. The number of ether oxygens (including phenoxy) is 1. The summed E-state index contributed by atoms with van der Waals surface area (Å²) in [5.74, 6) is 4.31. The molecule has 0 fully saturated rings. The molecule has 2 aromatic rings. The second-order valence-electron chi connectivity index (χ2n) is 9.44. The number of nitrogens with two attached hydrogens (primary N) is 1. The van der Waals surface area contributed by atoms with Crippen LogP contribution in [-0.2, 0) is 11.3 Å². The largest absolute Gasteiger partial charge is 0.504 e. The Kier molecular flexibility index (Phi) is 7.65. The van der Waals surface area contributed by atoms with Gasteiger partial charge in [0, 0.05) is 29.0 Å². The fourth-order valence-electron chi connectivity index (χ4n) is 4.22. The first-order valence-electron chi connectivity index (χ1n) is 11.1. The SMILES string of the molecule is CC(C)(C)C1Cc2cc(OCCCCCCON)c(O)cc2-c2cc(=O)c(C(=O)N=O)cn21. The van der Waals surface area contributed by atoms with Gasteiger partial charge in [0.15, 0.2) is 16.9 Å². The van der Waals surface area contributed by atoms with Crippen LogP contribution < -0.4 is 16.1 Å². The fourth-order valence-corrected chi connectivity index (χ4v) is 4.22. The number of phenolic OH excluding ortho intramolecular Hbond substituents is 1. The number of hydrogen-bond acceptors (Lipinski definition) is 7. The van der Waals surface area contributed by atoms with Crippen molar-refractivity contribution < 1.29 is 19.5 Å². The van der Waals surface area contributed by atoms with E-state index in [0.717, 1.165) is 31.2 Å². The van der Waals surface area contributed by atoms with E-state index in [2.05, 4.69) is 30.8 Å². The van der Waals surface area contributed by atoms with Crippen LogP contribution >= 0.6 is 0 Å². The van der Waals surface area contributed by atoms with Crippen molar-refractivity contribution in [3.8, 4) is 22.8 Å². The van der Waals surface area contributed by atoms with E-state index in [9.17, 15) is 19.6 Å². The van der Waals surface area contributed by atoms with Crippen LogP contribution in [-0.4, -0.2) is 28.8 Å². The number of carbonyl (C=O) groups excluding carboxylic acids is 1. The Bertz CT molecular complexity index is 1090. The van der Waals surface area contributed by atoms with Crippen LogP contribution in [0.3, 0.4) is 0 Å². The molecule has 1 aromatic heterocycles. The molecule has 1 atom stereocenters. The van der Waals surface area contributed by atoms with Gasteiger partial charge < -0.3 is 19.2 Å². The summed E-state index contributed by atoms with van der Waals surface area (Å²) in [5.41, 5.74) is 1.15. The summed E-state index contributed by atoms with van der Waals surface area (Å²) < 4.78 is 7.68. The molecule has 0 spiro atoms. The average Bonchev–Trinajstić information content (AvgIpc) is 2.77. The highest BCUT2D eigenvalue weighted by atomic mass is 16.6. The van der Waals surface area contributed by atoms with E-state index in [0.29, 0.717) is 36.6 Å². The number of amides is 1. The molecular weight excluding hydrogens is 426 g/mol. The lowest BCUT2D eigenvalue weighted by atomic mass is 9.78. The third kappa shape index (κ3) is 5.48. The maximum absolute atomic E-state index is 12.5. The van der Waals surface area contributed by atoms with Gasteiger partial charge in [-0.25, -0.2) is 5.90 Å². The molecule has 3 N–H and O–H groups in total. The van der Waals surface area contributed by atoms with Crippen LogP contribution in [0.15, 0.2) is 34.4 Å². The molecule has 0 aliphatic carbocycles. The average molecular weight is 458 g/mol. The fraction of sp³-hybridized carbons (Fsp3) is 0.500. The van der Waals surface area contributed by atoms with Crippen molar-refractivity contribution in [2.75, 3.05) is 13.2 Å². The van der Waals surface area contributed by atoms with Crippen LogP contribution in [0.1, 0.15) is 68.4 Å². The highest BCUT2D eigenvalue weighted by Crippen LogP contribution is 2.45. The van der Waals surface area contributed by atoms with Gasteiger partial charge in [-0.1, -0.05) is 27.2 Å². The molecule has 1 aliphatic heterocycles. The van der Waals surface area contributed by atoms with E-state index in [4.69, 9.17) is 10.6 Å². The molecule has 0 saturated heterocycles. The zero-order chi connectivity index (χ0) is 24.2. The predicted molar refractivity (Wildman–Crippen MR) is 124 cm³/mol. The van der Waals surface area contributed by atoms with Gasteiger partial charge in [-0.3, -0.25) is 9.59 Å². The Hall–Kier alpha value is -3.04. The van der Waals surface area contributed by atoms with Crippen molar-refractivity contribution in [2.45, 2.75) is 58.9 Å². The first kappa shape index (κ1) is 24.6. The van der Waals surface area contributed by atoms with Crippen LogP contribution in [0.5, 0.6) is 11.5 Å². The number of pyridine rings is 1. The Morgan fingerprint density at radius 2 is 1.88 bits per heavy atom. The normalized spacial score (nSPS) is 15.0. The minimum absolute atomic E-state index is 0.0202. The Labute approximate surface area is 192 Å². The minimum Gasteiger partial charge on any atom is -0.504 e. The minimum atomic E-state index is -1.09. The van der Waals surface area contributed by atoms with E-state index in [1.54, 1.807) is 6.07 Å². The number of benzene rings is 1. The van der Waals surface area contributed by atoms with E-state index in [1.165, 1.54) is 12.3 Å². The molecule has 0 radical (unpaired) electrons. The molecule has 1 amide bonds. The standard InChI is InChI=1S/C24H31N3O6/c1-24(2,3)22-11-15-10-21(32-8-6-4-5-7-9-33-25)20(29)12-16(15)18-13-19(28)17(14-27(18)22)23(30)26-31/h10,12-14,22,29H,4-9,11,25H2,1-3H3. The Balaban J connectivity index is 1.92. The van der Waals surface area contributed by atoms with Gasteiger partial charge >= 0.3 is 5.91 Å². The second-order valence-corrected chi connectivity index (χ2v) is 9.44. The lowest BCUT2D eigenvalue weighted by Gasteiger charge is -2.39. The number of nitrogens with zero attached hydrogens (tertiary/aromatic N) is 2. The van der Waals surface area contributed by atoms with Gasteiger partial charge in [0.05, 0.1) is 18.9 Å². The number of unbranched alkanes of at least 4 members (excludes halogenated alkanes) is 3. The summed E-state index contributed by atoms with van der Waals surface area (Å²) in [7, 11) is 0. The number of phenols is 1. The summed E-state index contributed by atoms with van der Waals surface area (Å²) in [6.45, 7) is 7.21. The third-order valence-electron chi connectivity index (χ3n) is 6.02. The van der Waals surface area contributed by atoms with E-state index in [-0.39, 0.29) is 22.8 Å². The molecule has 3 rings (SSSR count). The first-order chi connectivity index (χ1) is 15.7. The molecule has 178 valence electrons. The van der Waals surface area contributed by atoms with Crippen LogP contribution in [0.2, 0.25) is 0 Å². The van der Waals surface area contributed by atoms with Crippen molar-refractivity contribution in [3.05, 3.63) is 50.7 Å². The van der Waals surface area contributed by atoms with Gasteiger partial charge in [0.2, 0.25) is 0 Å². The molecule has 2 heterocycles. The zero-order valence-corrected chi connectivity index (χ0v) is 19.3. The maximum Gasteiger partial charge on any atom is 0.322 e. The lowest BCUT2D eigenvalue weighted by Crippen LogP contribution is -2.32. The van der Waals surface area contributed by atoms with E-state index < -0.39 is 11.3 Å². The summed E-state index contributed by atoms with van der Waals surface area (Å²) in [6, 6.07) is 4.65. The molecule has 33 heavy (non-hydrogen) atoms. The molecular formula is C24H31N3O6. The predicted octanol–water partition coefficient (Wildman–Crippen LogP) is 4.10. The van der Waals surface area contributed by atoms with Crippen LogP contribution in [0.4, 0.5) is 0 Å². The number of fused-ring (bicyclic) bond motifs is 3. The quantitative estimate of drug-likeness (QED) is 0.329. The number of carbonyl (C=O) groups is 1. The van der Waals surface area contributed by atoms with Crippen molar-refractivity contribution in [2.24, 2.45) is 16.5 Å². The van der Waals surface area contributed by atoms with Crippen molar-refractivity contribution >= 4 is 5.91 Å². The summed E-state index contributed by atoms with van der Waals surface area (Å²) in [6.07, 6.45) is 5.70. The van der Waals surface area contributed by atoms with Gasteiger partial charge in [-0.15, -0.1) is 4.91 Å². The van der Waals surface area contributed by atoms with Crippen molar-refractivity contribution in [1.29, 1.82) is 0 Å². The van der Waals surface area contributed by atoms with Gasteiger partial charge in [0.25, 0.3) is 0 Å². The molecule has 9 heteroatoms. The van der Waals surface area contributed by atoms with Crippen LogP contribution in [0, 0.1) is 10.3 Å². The van der Waals surface area contributed by atoms with Gasteiger partial charge in [-0.05, 0) is 48.8 Å². The van der Waals surface area contributed by atoms with Crippen molar-refractivity contribution in [1.82, 2.24) is 4.57 Å². The summed E-state index contributed by atoms with van der Waals surface area (Å²) in [5, 5.41) is 13.0. The molecule has 1 unspecified atom stereocenters. The topological polar surface area (TPSA) is 133 Å². The second kappa shape index (κ2) is 10.3. The first-order valence-corrected chi connectivity index (χ1v) is 11.1. The number of aromatic hydroxyl groups is 1. The number of rotatable bonds is 9. The Morgan fingerprint density at radius 1 is 1.18 bits per heavy atom. The van der Waals surface area contributed by atoms with Crippen molar-refractivity contribution in [3.63, 3.8) is 0 Å². The van der Waals surface area contributed by atoms with E-state index in [1.807, 2.05) is 10.6 Å². The lowest BCUT2D eigenvalue weighted by molar-refractivity contribution is 0.0998. The van der Waals surface area contributed by atoms with Gasteiger partial charge in [-0.2, -0.15) is 0 Å². The molecule has 1 aliphatic rings. The third-order valence-corrected chi connectivity index (χ3v) is 6.02.